The van der Waals surface area contributed by atoms with E-state index in [1.54, 1.807) is 0 Å². The second-order valence-corrected chi connectivity index (χ2v) is 7.64. The van der Waals surface area contributed by atoms with Crippen LogP contribution in [0, 0.1) is 6.92 Å². The lowest BCUT2D eigenvalue weighted by molar-refractivity contribution is -0.107. The zero-order valence-electron chi connectivity index (χ0n) is 16.9. The summed E-state index contributed by atoms with van der Waals surface area (Å²) in [7, 11) is 0. The van der Waals surface area contributed by atoms with E-state index < -0.39 is 0 Å². The summed E-state index contributed by atoms with van der Waals surface area (Å²) in [6.45, 7) is 3.66. The van der Waals surface area contributed by atoms with Gasteiger partial charge in [-0.3, -0.25) is 0 Å². The van der Waals surface area contributed by atoms with Crippen LogP contribution in [0.2, 0.25) is 0 Å². The van der Waals surface area contributed by atoms with Crippen molar-refractivity contribution in [2.45, 2.75) is 39.2 Å². The quantitative estimate of drug-likeness (QED) is 0.482. The maximum atomic E-state index is 10.6. The molecule has 0 saturated carbocycles. The molecule has 0 aromatic heterocycles. The standard InChI is InChI=1S/C26H27NO2/c1-20-17-25(14-13-22(20)8-6-16-28)29-19-21-11-12-23-7-5-15-27(26(23)18-21)24-9-3-2-4-10-24/h2-4,9-14,16-18H,5-8,15,19H2,1H3. The van der Waals surface area contributed by atoms with Crippen LogP contribution in [0.3, 0.4) is 0 Å². The lowest BCUT2D eigenvalue weighted by Gasteiger charge is -2.32. The molecule has 0 atom stereocenters. The van der Waals surface area contributed by atoms with Gasteiger partial charge in [0.05, 0.1) is 0 Å². The number of para-hydroxylation sites is 1. The van der Waals surface area contributed by atoms with Gasteiger partial charge >= 0.3 is 0 Å². The van der Waals surface area contributed by atoms with E-state index in [9.17, 15) is 4.79 Å². The van der Waals surface area contributed by atoms with Crippen molar-refractivity contribution in [2.75, 3.05) is 11.4 Å². The Morgan fingerprint density at radius 3 is 2.69 bits per heavy atom. The Kier molecular flexibility index (Phi) is 5.95. The minimum Gasteiger partial charge on any atom is -0.489 e. The summed E-state index contributed by atoms with van der Waals surface area (Å²) < 4.78 is 6.08. The van der Waals surface area contributed by atoms with Gasteiger partial charge in [0.15, 0.2) is 0 Å². The molecule has 1 aliphatic rings. The predicted octanol–water partition coefficient (Wildman–Crippen LogP) is 5.79. The van der Waals surface area contributed by atoms with Crippen molar-refractivity contribution in [3.8, 4) is 5.75 Å². The highest BCUT2D eigenvalue weighted by Gasteiger charge is 2.18. The van der Waals surface area contributed by atoms with Crippen molar-refractivity contribution >= 4 is 17.7 Å². The summed E-state index contributed by atoms with van der Waals surface area (Å²) in [5, 5.41) is 0. The molecule has 4 rings (SSSR count). The predicted molar refractivity (Wildman–Crippen MR) is 118 cm³/mol. The Bertz CT molecular complexity index is 981. The average Bonchev–Trinajstić information content (AvgIpc) is 2.77. The summed E-state index contributed by atoms with van der Waals surface area (Å²) in [6, 6.07) is 23.4. The molecule has 0 unspecified atom stereocenters. The number of ether oxygens (including phenoxy) is 1. The van der Waals surface area contributed by atoms with Crippen molar-refractivity contribution in [1.82, 2.24) is 0 Å². The Balaban J connectivity index is 1.49. The van der Waals surface area contributed by atoms with E-state index >= 15 is 0 Å². The number of hydrogen-bond donors (Lipinski definition) is 0. The molecule has 148 valence electrons. The fraction of sp³-hybridized carbons (Fsp3) is 0.269. The maximum Gasteiger partial charge on any atom is 0.120 e. The van der Waals surface area contributed by atoms with Crippen LogP contribution < -0.4 is 9.64 Å². The number of anilines is 2. The highest BCUT2D eigenvalue weighted by atomic mass is 16.5. The Labute approximate surface area is 172 Å². The van der Waals surface area contributed by atoms with Crippen LogP contribution >= 0.6 is 0 Å². The van der Waals surface area contributed by atoms with Gasteiger partial charge in [-0.15, -0.1) is 0 Å². The lowest BCUT2D eigenvalue weighted by atomic mass is 9.99. The molecule has 0 N–H and O–H groups in total. The van der Waals surface area contributed by atoms with E-state index in [2.05, 4.69) is 72.5 Å². The molecule has 0 radical (unpaired) electrons. The molecule has 0 amide bonds. The Morgan fingerprint density at radius 2 is 1.90 bits per heavy atom. The number of rotatable bonds is 7. The van der Waals surface area contributed by atoms with Gasteiger partial charge in [-0.1, -0.05) is 36.4 Å². The molecule has 29 heavy (non-hydrogen) atoms. The number of hydrogen-bond acceptors (Lipinski definition) is 3. The van der Waals surface area contributed by atoms with E-state index in [0.29, 0.717) is 13.0 Å². The lowest BCUT2D eigenvalue weighted by Crippen LogP contribution is -2.24. The van der Waals surface area contributed by atoms with Gasteiger partial charge in [0, 0.05) is 24.3 Å². The van der Waals surface area contributed by atoms with E-state index in [0.717, 1.165) is 31.4 Å². The minimum atomic E-state index is 0.545. The van der Waals surface area contributed by atoms with Gasteiger partial charge in [0.25, 0.3) is 0 Å². The first-order valence-electron chi connectivity index (χ1n) is 10.3. The van der Waals surface area contributed by atoms with E-state index in [1.807, 2.05) is 6.07 Å². The first kappa shape index (κ1) is 19.3. The van der Waals surface area contributed by atoms with E-state index in [-0.39, 0.29) is 0 Å². The zero-order valence-corrected chi connectivity index (χ0v) is 16.9. The molecule has 1 heterocycles. The third-order valence-corrected chi connectivity index (χ3v) is 5.59. The molecule has 3 heteroatoms. The maximum absolute atomic E-state index is 10.6. The monoisotopic (exact) mass is 385 g/mol. The van der Waals surface area contributed by atoms with E-state index in [1.165, 1.54) is 40.0 Å². The highest BCUT2D eigenvalue weighted by Crippen LogP contribution is 2.34. The van der Waals surface area contributed by atoms with Crippen LogP contribution in [0.1, 0.15) is 35.1 Å². The van der Waals surface area contributed by atoms with Crippen molar-refractivity contribution in [3.05, 3.63) is 89.0 Å². The molecule has 0 spiro atoms. The first-order chi connectivity index (χ1) is 14.2. The van der Waals surface area contributed by atoms with Crippen molar-refractivity contribution < 1.29 is 9.53 Å². The van der Waals surface area contributed by atoms with Crippen LogP contribution in [0.4, 0.5) is 11.4 Å². The summed E-state index contributed by atoms with van der Waals surface area (Å²) >= 11 is 0. The number of benzene rings is 3. The van der Waals surface area contributed by atoms with Crippen LogP contribution in [0.15, 0.2) is 66.7 Å². The smallest absolute Gasteiger partial charge is 0.120 e. The first-order valence-corrected chi connectivity index (χ1v) is 10.3. The highest BCUT2D eigenvalue weighted by molar-refractivity contribution is 5.68. The number of aldehydes is 1. The summed E-state index contributed by atoms with van der Waals surface area (Å²) in [4.78, 5) is 13.0. The average molecular weight is 386 g/mol. The van der Waals surface area contributed by atoms with Crippen LogP contribution in [-0.2, 0) is 24.2 Å². The largest absolute Gasteiger partial charge is 0.489 e. The molecule has 3 aromatic carbocycles. The van der Waals surface area contributed by atoms with Crippen LogP contribution in [-0.4, -0.2) is 12.8 Å². The molecule has 3 nitrogen and oxygen atoms in total. The number of nitrogens with zero attached hydrogens (tertiary/aromatic N) is 1. The normalized spacial score (nSPS) is 13.1. The molecule has 0 bridgehead atoms. The van der Waals surface area contributed by atoms with Gasteiger partial charge in [0.2, 0.25) is 0 Å². The topological polar surface area (TPSA) is 29.5 Å². The van der Waals surface area contributed by atoms with Crippen LogP contribution in [0.25, 0.3) is 0 Å². The third kappa shape index (κ3) is 4.51. The van der Waals surface area contributed by atoms with Gasteiger partial charge in [-0.25, -0.2) is 0 Å². The summed E-state index contributed by atoms with van der Waals surface area (Å²) in [5.74, 6) is 0.870. The number of carbonyl (C=O) groups is 1. The van der Waals surface area contributed by atoms with Crippen molar-refractivity contribution in [3.63, 3.8) is 0 Å². The number of fused-ring (bicyclic) bond motifs is 1. The van der Waals surface area contributed by atoms with Crippen molar-refractivity contribution in [1.29, 1.82) is 0 Å². The summed E-state index contributed by atoms with van der Waals surface area (Å²) in [6.07, 6.45) is 4.62. The second kappa shape index (κ2) is 8.95. The fourth-order valence-corrected chi connectivity index (χ4v) is 4.01. The minimum absolute atomic E-state index is 0.545. The molecule has 0 aliphatic carbocycles. The fourth-order valence-electron chi connectivity index (χ4n) is 4.01. The second-order valence-electron chi connectivity index (χ2n) is 7.64. The van der Waals surface area contributed by atoms with Gasteiger partial charge in [0.1, 0.15) is 18.6 Å². The number of aryl methyl sites for hydroxylation is 3. The van der Waals surface area contributed by atoms with Crippen LogP contribution in [0.5, 0.6) is 5.75 Å². The number of carbonyl (C=O) groups excluding carboxylic acids is 1. The van der Waals surface area contributed by atoms with Gasteiger partial charge < -0.3 is 14.4 Å². The molecule has 3 aromatic rings. The third-order valence-electron chi connectivity index (χ3n) is 5.59. The van der Waals surface area contributed by atoms with E-state index in [4.69, 9.17) is 4.74 Å². The summed E-state index contributed by atoms with van der Waals surface area (Å²) in [5.41, 5.74) is 7.49. The SMILES string of the molecule is Cc1cc(OCc2ccc3c(c2)N(c2ccccc2)CCC3)ccc1CCC=O. The molecule has 0 saturated heterocycles. The Hall–Kier alpha value is -3.07. The molecular formula is C26H27NO2. The molecule has 0 fully saturated rings. The zero-order chi connectivity index (χ0) is 20.1. The Morgan fingerprint density at radius 1 is 1.03 bits per heavy atom. The molecular weight excluding hydrogens is 358 g/mol. The van der Waals surface area contributed by atoms with Gasteiger partial charge in [-0.05, 0) is 78.8 Å². The molecule has 1 aliphatic heterocycles. The van der Waals surface area contributed by atoms with Gasteiger partial charge in [-0.2, -0.15) is 0 Å². The van der Waals surface area contributed by atoms with Crippen molar-refractivity contribution in [2.24, 2.45) is 0 Å².